The second-order valence-electron chi connectivity index (χ2n) is 9.18. The van der Waals surface area contributed by atoms with Crippen LogP contribution < -0.4 is 9.80 Å². The van der Waals surface area contributed by atoms with E-state index in [1.54, 1.807) is 0 Å². The fourth-order valence-corrected chi connectivity index (χ4v) is 7.67. The molecule has 0 atom stereocenters. The van der Waals surface area contributed by atoms with Crippen molar-refractivity contribution in [1.82, 2.24) is 0 Å². The maximum Gasteiger partial charge on any atom is 0.208 e. The maximum atomic E-state index is 5.83. The van der Waals surface area contributed by atoms with E-state index in [0.717, 1.165) is 18.8 Å². The Bertz CT molecular complexity index is 1130. The molecule has 0 N–H and O–H groups in total. The summed E-state index contributed by atoms with van der Waals surface area (Å²) in [5.74, 6) is 1.07. The molecule has 0 saturated carbocycles. The summed E-state index contributed by atoms with van der Waals surface area (Å²) >= 11 is 0.135. The topological polar surface area (TPSA) is 6.48 Å². The molecule has 0 amide bonds. The number of aryl methyl sites for hydroxylation is 6. The number of thioether (sulfide) groups is 1. The molecule has 2 radical (unpaired) electrons. The van der Waals surface area contributed by atoms with Crippen LogP contribution in [-0.4, -0.2) is 23.5 Å². The van der Waals surface area contributed by atoms with Crippen molar-refractivity contribution in [3.8, 4) is 0 Å². The Kier molecular flexibility index (Phi) is 10.9. The van der Waals surface area contributed by atoms with E-state index in [1.165, 1.54) is 55.2 Å². The predicted molar refractivity (Wildman–Crippen MR) is 159 cm³/mol. The molecule has 1 fully saturated rings. The van der Waals surface area contributed by atoms with Crippen LogP contribution in [0.2, 0.25) is 0 Å². The minimum Gasteiger partial charge on any atom is -0.339 e. The molecule has 6 heteroatoms. The van der Waals surface area contributed by atoms with E-state index in [1.807, 2.05) is 28.5 Å². The number of nitrogens with zero attached hydrogens (tertiary/aromatic N) is 2. The quantitative estimate of drug-likeness (QED) is 0.206. The monoisotopic (exact) mass is 628 g/mol. The number of anilines is 2. The third-order valence-electron chi connectivity index (χ3n) is 6.01. The first-order chi connectivity index (χ1) is 17.1. The van der Waals surface area contributed by atoms with E-state index in [2.05, 4.69) is 101 Å². The van der Waals surface area contributed by atoms with Gasteiger partial charge in [-0.15, -0.1) is 0 Å². The van der Waals surface area contributed by atoms with Crippen molar-refractivity contribution in [2.24, 2.45) is 0 Å². The molecular weight excluding hydrogens is 592 g/mol. The molecule has 0 unspecified atom stereocenters. The standard InChI is InChI=1S/C21H26N2.C9H10S.2ClH.Ru/c1-14-9-16(3)20(17(4)10-14)22-7-8-23(13-22)21-18(5)11-15(2)12-19(21)6;1-3-10-9-7-5-4-6-8(9)2;;;/h9-12H,7-8H2,1-6H3;2,4-7H,3H2,1H3;2*1H;/q;;;;+2/p-2. The molecule has 0 spiro atoms. The molecule has 0 bridgehead atoms. The van der Waals surface area contributed by atoms with Crippen LogP contribution in [0.3, 0.4) is 0 Å². The van der Waals surface area contributed by atoms with Gasteiger partial charge in [0.2, 0.25) is 6.67 Å². The van der Waals surface area contributed by atoms with E-state index in [-0.39, 0.29) is 0 Å². The second kappa shape index (κ2) is 13.5. The first-order valence-electron chi connectivity index (χ1n) is 12.1. The molecule has 1 saturated heterocycles. The zero-order valence-corrected chi connectivity index (χ0v) is 26.3. The molecular formula is C30H36Cl2N2RuS. The van der Waals surface area contributed by atoms with Gasteiger partial charge in [0, 0.05) is 24.5 Å². The average Bonchev–Trinajstić information content (AvgIpc) is 3.23. The van der Waals surface area contributed by atoms with Gasteiger partial charge in [0.25, 0.3) is 0 Å². The Labute approximate surface area is 235 Å². The van der Waals surface area contributed by atoms with Crippen LogP contribution in [-0.2, 0) is 13.5 Å². The molecule has 1 aliphatic rings. The fourth-order valence-electron chi connectivity index (χ4n) is 4.90. The molecule has 4 rings (SSSR count). The van der Waals surface area contributed by atoms with E-state index in [0.29, 0.717) is 0 Å². The first-order valence-corrected chi connectivity index (χ1v) is 18.6. The number of hydrogen-bond acceptors (Lipinski definition) is 3. The Hall–Kier alpha value is -1.32. The normalized spacial score (nSPS) is 13.4. The number of halogens is 2. The van der Waals surface area contributed by atoms with Crippen molar-refractivity contribution < 1.29 is 13.5 Å². The van der Waals surface area contributed by atoms with Crippen molar-refractivity contribution in [2.75, 3.05) is 28.6 Å². The Morgan fingerprint density at radius 3 is 1.67 bits per heavy atom. The Morgan fingerprint density at radius 1 is 0.806 bits per heavy atom. The summed E-state index contributed by atoms with van der Waals surface area (Å²) in [6, 6.07) is 17.2. The Morgan fingerprint density at radius 2 is 1.25 bits per heavy atom. The summed E-state index contributed by atoms with van der Waals surface area (Å²) in [5.41, 5.74) is 11.8. The van der Waals surface area contributed by atoms with Gasteiger partial charge >= 0.3 is 96.7 Å². The summed E-state index contributed by atoms with van der Waals surface area (Å²) in [7, 11) is 11.7. The third kappa shape index (κ3) is 7.60. The summed E-state index contributed by atoms with van der Waals surface area (Å²) in [6.45, 7) is 20.8. The number of benzene rings is 3. The minimum absolute atomic E-state index is 0.984. The first kappa shape index (κ1) is 29.2. The molecule has 36 heavy (non-hydrogen) atoms. The van der Waals surface area contributed by atoms with E-state index in [9.17, 15) is 0 Å². The average molecular weight is 629 g/mol. The summed E-state index contributed by atoms with van der Waals surface area (Å²) in [4.78, 5) is 5.83. The largest absolute Gasteiger partial charge is 0.339 e. The number of hydrogen-bond donors (Lipinski definition) is 0. The van der Waals surface area contributed by atoms with Crippen LogP contribution in [0.4, 0.5) is 11.4 Å². The van der Waals surface area contributed by atoms with Crippen LogP contribution in [0.5, 0.6) is 0 Å². The predicted octanol–water partition coefficient (Wildman–Crippen LogP) is 8.73. The van der Waals surface area contributed by atoms with E-state index >= 15 is 0 Å². The molecule has 3 aromatic carbocycles. The van der Waals surface area contributed by atoms with Crippen molar-refractivity contribution in [1.29, 1.82) is 0 Å². The van der Waals surface area contributed by atoms with Gasteiger partial charge in [-0.05, 0) is 63.8 Å². The van der Waals surface area contributed by atoms with Crippen molar-refractivity contribution >= 4 is 47.1 Å². The molecule has 3 aromatic rings. The number of rotatable bonds is 5. The fraction of sp³-hybridized carbons (Fsp3) is 0.333. The summed E-state index contributed by atoms with van der Waals surface area (Å²) < 4.78 is 1.99. The van der Waals surface area contributed by atoms with Crippen LogP contribution in [0.25, 0.3) is 0 Å². The van der Waals surface area contributed by atoms with Crippen molar-refractivity contribution in [3.05, 3.63) is 94.1 Å². The second-order valence-corrected chi connectivity index (χ2v) is 16.2. The van der Waals surface area contributed by atoms with Gasteiger partial charge in [-0.2, -0.15) is 0 Å². The molecule has 1 heterocycles. The van der Waals surface area contributed by atoms with Gasteiger partial charge in [-0.1, -0.05) is 35.4 Å². The van der Waals surface area contributed by atoms with Gasteiger partial charge in [0.1, 0.15) is 0 Å². The van der Waals surface area contributed by atoms with Crippen LogP contribution in [0, 0.1) is 48.2 Å². The molecule has 194 valence electrons. The van der Waals surface area contributed by atoms with Crippen LogP contribution in [0.1, 0.15) is 45.9 Å². The van der Waals surface area contributed by atoms with Crippen molar-refractivity contribution in [2.45, 2.75) is 53.4 Å². The van der Waals surface area contributed by atoms with Gasteiger partial charge < -0.3 is 9.80 Å². The van der Waals surface area contributed by atoms with E-state index in [4.69, 9.17) is 19.4 Å². The molecule has 0 aliphatic carbocycles. The zero-order valence-electron chi connectivity index (χ0n) is 22.2. The summed E-state index contributed by atoms with van der Waals surface area (Å²) in [5, 5.41) is 0. The minimum atomic E-state index is -1.68. The zero-order chi connectivity index (χ0) is 26.4. The van der Waals surface area contributed by atoms with Gasteiger partial charge in [-0.25, -0.2) is 0 Å². The van der Waals surface area contributed by atoms with Crippen LogP contribution >= 0.6 is 31.1 Å². The van der Waals surface area contributed by atoms with E-state index < -0.39 is 13.5 Å². The Balaban J connectivity index is 0.000000236. The molecule has 0 aromatic heterocycles. The maximum absolute atomic E-state index is 5.83. The molecule has 1 aliphatic heterocycles. The van der Waals surface area contributed by atoms with Crippen LogP contribution in [0.15, 0.2) is 53.4 Å². The van der Waals surface area contributed by atoms with Crippen molar-refractivity contribution in [3.63, 3.8) is 0 Å². The summed E-state index contributed by atoms with van der Waals surface area (Å²) in [6.07, 6.45) is 0. The van der Waals surface area contributed by atoms with Gasteiger partial charge in [0.15, 0.2) is 0 Å². The van der Waals surface area contributed by atoms with Gasteiger partial charge in [0.05, 0.1) is 0 Å². The smallest absolute Gasteiger partial charge is 0.208 e. The van der Waals surface area contributed by atoms with Gasteiger partial charge in [-0.3, -0.25) is 0 Å². The third-order valence-corrected chi connectivity index (χ3v) is 8.81. The molecule has 2 nitrogen and oxygen atoms in total. The SMILES string of the molecule is CCSc1ccccc1[CH]=[Ru]([Cl])[Cl].Cc1cc(C)c(N2[C]N(c3c(C)cc(C)cc3C)CC2)c(C)c1.